The van der Waals surface area contributed by atoms with Gasteiger partial charge in [0.25, 0.3) is 0 Å². The monoisotopic (exact) mass is 387 g/mol. The van der Waals surface area contributed by atoms with E-state index in [0.717, 1.165) is 11.9 Å². The lowest BCUT2D eigenvalue weighted by Gasteiger charge is -2.21. The Morgan fingerprint density at radius 3 is 2.56 bits per heavy atom. The lowest BCUT2D eigenvalue weighted by Crippen LogP contribution is -2.17. The molecule has 0 radical (unpaired) electrons. The van der Waals surface area contributed by atoms with Gasteiger partial charge in [0.05, 0.1) is 3.79 Å². The molecule has 0 atom stereocenters. The van der Waals surface area contributed by atoms with E-state index in [0.29, 0.717) is 0 Å². The summed E-state index contributed by atoms with van der Waals surface area (Å²) in [6.45, 7) is 3.11. The third-order valence-electron chi connectivity index (χ3n) is 2.87. The number of thiophene rings is 1. The number of benzene rings is 1. The highest BCUT2D eigenvalue weighted by Gasteiger charge is 2.07. The molecular formula is C14H15Br2NS. The zero-order valence-electron chi connectivity index (χ0n) is 10.4. The first kappa shape index (κ1) is 14.1. The van der Waals surface area contributed by atoms with Gasteiger partial charge in [-0.2, -0.15) is 0 Å². The number of anilines is 1. The van der Waals surface area contributed by atoms with Crippen molar-refractivity contribution in [2.45, 2.75) is 18.8 Å². The minimum atomic E-state index is 0.912. The van der Waals surface area contributed by atoms with Gasteiger partial charge >= 0.3 is 0 Å². The summed E-state index contributed by atoms with van der Waals surface area (Å²) in [5.41, 5.74) is 5.28. The zero-order valence-corrected chi connectivity index (χ0v) is 14.4. The molecule has 4 heteroatoms. The predicted octanol–water partition coefficient (Wildman–Crippen LogP) is 5.35. The van der Waals surface area contributed by atoms with Gasteiger partial charge in [-0.05, 0) is 57.1 Å². The standard InChI is InChI=1S/C14H15Br2NS/c1-10-5-11(7-15)3-4-13(10)17(2)8-12-6-14(16)18-9-12/h3-6,9H,7-8H2,1-2H3. The van der Waals surface area contributed by atoms with Crippen molar-refractivity contribution in [2.75, 3.05) is 11.9 Å². The topological polar surface area (TPSA) is 3.24 Å². The summed E-state index contributed by atoms with van der Waals surface area (Å²) in [4.78, 5) is 2.29. The molecule has 0 N–H and O–H groups in total. The first-order valence-electron chi connectivity index (χ1n) is 5.69. The maximum absolute atomic E-state index is 3.51. The van der Waals surface area contributed by atoms with Gasteiger partial charge in [0.1, 0.15) is 0 Å². The second kappa shape index (κ2) is 6.22. The molecule has 0 unspecified atom stereocenters. The van der Waals surface area contributed by atoms with E-state index in [1.807, 2.05) is 0 Å². The second-order valence-electron chi connectivity index (χ2n) is 4.37. The quantitative estimate of drug-likeness (QED) is 0.638. The normalized spacial score (nSPS) is 10.7. The first-order valence-corrected chi connectivity index (χ1v) is 8.49. The predicted molar refractivity (Wildman–Crippen MR) is 87.9 cm³/mol. The van der Waals surface area contributed by atoms with Crippen LogP contribution in [-0.2, 0) is 11.9 Å². The lowest BCUT2D eigenvalue weighted by molar-refractivity contribution is 0.920. The van der Waals surface area contributed by atoms with Crippen LogP contribution in [0.4, 0.5) is 5.69 Å². The smallest absolute Gasteiger partial charge is 0.0701 e. The van der Waals surface area contributed by atoms with E-state index in [9.17, 15) is 0 Å². The number of alkyl halides is 1. The molecule has 2 aromatic rings. The summed E-state index contributed by atoms with van der Waals surface area (Å²) in [6.07, 6.45) is 0. The molecule has 0 fully saturated rings. The Balaban J connectivity index is 2.15. The molecule has 1 nitrogen and oxygen atoms in total. The minimum Gasteiger partial charge on any atom is -0.370 e. The molecule has 0 aliphatic rings. The fourth-order valence-corrected chi connectivity index (χ4v) is 3.57. The molecule has 0 aliphatic heterocycles. The van der Waals surface area contributed by atoms with E-state index in [1.165, 1.54) is 26.2 Å². The molecular weight excluding hydrogens is 374 g/mol. The molecule has 0 saturated carbocycles. The summed E-state index contributed by atoms with van der Waals surface area (Å²) >= 11 is 8.73. The molecule has 0 amide bonds. The second-order valence-corrected chi connectivity index (χ2v) is 7.22. The van der Waals surface area contributed by atoms with Crippen molar-refractivity contribution in [3.8, 4) is 0 Å². The van der Waals surface area contributed by atoms with Crippen LogP contribution in [0.3, 0.4) is 0 Å². The highest BCUT2D eigenvalue weighted by Crippen LogP contribution is 2.26. The Bertz CT molecular complexity index is 536. The third-order valence-corrected chi connectivity index (χ3v) is 5.07. The molecule has 1 aromatic heterocycles. The van der Waals surface area contributed by atoms with Gasteiger partial charge in [-0.15, -0.1) is 11.3 Å². The Kier molecular flexibility index (Phi) is 4.87. The van der Waals surface area contributed by atoms with Gasteiger partial charge in [-0.25, -0.2) is 0 Å². The number of aryl methyl sites for hydroxylation is 1. The number of rotatable bonds is 4. The van der Waals surface area contributed by atoms with Gasteiger partial charge in [0.2, 0.25) is 0 Å². The van der Waals surface area contributed by atoms with Crippen molar-refractivity contribution in [1.29, 1.82) is 0 Å². The van der Waals surface area contributed by atoms with E-state index < -0.39 is 0 Å². The van der Waals surface area contributed by atoms with Crippen LogP contribution in [0.25, 0.3) is 0 Å². The largest absolute Gasteiger partial charge is 0.370 e. The van der Waals surface area contributed by atoms with E-state index in [1.54, 1.807) is 11.3 Å². The van der Waals surface area contributed by atoms with Crippen molar-refractivity contribution < 1.29 is 0 Å². The number of halogens is 2. The maximum Gasteiger partial charge on any atom is 0.0701 e. The van der Waals surface area contributed by atoms with E-state index >= 15 is 0 Å². The summed E-state index contributed by atoms with van der Waals surface area (Å²) in [5, 5.41) is 3.11. The van der Waals surface area contributed by atoms with Crippen LogP contribution >= 0.6 is 43.2 Å². The van der Waals surface area contributed by atoms with Crippen LogP contribution in [0.15, 0.2) is 33.4 Å². The number of nitrogens with zero attached hydrogens (tertiary/aromatic N) is 1. The lowest BCUT2D eigenvalue weighted by atomic mass is 10.1. The van der Waals surface area contributed by atoms with Crippen molar-refractivity contribution in [2.24, 2.45) is 0 Å². The molecule has 96 valence electrons. The van der Waals surface area contributed by atoms with Crippen molar-refractivity contribution in [1.82, 2.24) is 0 Å². The van der Waals surface area contributed by atoms with E-state index in [2.05, 4.69) is 80.4 Å². The molecule has 0 saturated heterocycles. The van der Waals surface area contributed by atoms with Crippen LogP contribution in [0.1, 0.15) is 16.7 Å². The average Bonchev–Trinajstić information content (AvgIpc) is 2.74. The van der Waals surface area contributed by atoms with E-state index in [-0.39, 0.29) is 0 Å². The van der Waals surface area contributed by atoms with Crippen LogP contribution in [-0.4, -0.2) is 7.05 Å². The molecule has 0 spiro atoms. The van der Waals surface area contributed by atoms with Gasteiger partial charge in [-0.1, -0.05) is 28.1 Å². The van der Waals surface area contributed by atoms with Crippen LogP contribution in [0, 0.1) is 6.92 Å². The average molecular weight is 389 g/mol. The first-order chi connectivity index (χ1) is 8.60. The van der Waals surface area contributed by atoms with Crippen LogP contribution in [0.2, 0.25) is 0 Å². The van der Waals surface area contributed by atoms with Gasteiger partial charge in [-0.3, -0.25) is 0 Å². The molecule has 0 aliphatic carbocycles. The Labute approximate surface area is 129 Å². The Morgan fingerprint density at radius 1 is 1.22 bits per heavy atom. The maximum atomic E-state index is 3.51. The number of hydrogen-bond donors (Lipinski definition) is 0. The SMILES string of the molecule is Cc1cc(CBr)ccc1N(C)Cc1csc(Br)c1. The fourth-order valence-electron chi connectivity index (χ4n) is 2.02. The highest BCUT2D eigenvalue weighted by atomic mass is 79.9. The fraction of sp³-hybridized carbons (Fsp3) is 0.286. The molecule has 2 rings (SSSR count). The summed E-state index contributed by atoms with van der Waals surface area (Å²) < 4.78 is 1.19. The number of hydrogen-bond acceptors (Lipinski definition) is 2. The van der Waals surface area contributed by atoms with Gasteiger partial charge in [0, 0.05) is 24.6 Å². The molecule has 1 aromatic carbocycles. The summed E-state index contributed by atoms with van der Waals surface area (Å²) in [7, 11) is 2.14. The molecule has 0 bridgehead atoms. The Morgan fingerprint density at radius 2 is 2.00 bits per heavy atom. The van der Waals surface area contributed by atoms with Crippen molar-refractivity contribution in [3.05, 3.63) is 50.1 Å². The molecule has 18 heavy (non-hydrogen) atoms. The van der Waals surface area contributed by atoms with Crippen LogP contribution in [0.5, 0.6) is 0 Å². The van der Waals surface area contributed by atoms with Crippen LogP contribution < -0.4 is 4.90 Å². The highest BCUT2D eigenvalue weighted by molar-refractivity contribution is 9.11. The van der Waals surface area contributed by atoms with Gasteiger partial charge < -0.3 is 4.90 Å². The van der Waals surface area contributed by atoms with Crippen molar-refractivity contribution >= 4 is 48.9 Å². The minimum absolute atomic E-state index is 0.912. The zero-order chi connectivity index (χ0) is 13.1. The Hall–Kier alpha value is -0.320. The van der Waals surface area contributed by atoms with Crippen molar-refractivity contribution in [3.63, 3.8) is 0 Å². The molecule has 1 heterocycles. The van der Waals surface area contributed by atoms with Gasteiger partial charge in [0.15, 0.2) is 0 Å². The summed E-state index contributed by atoms with van der Waals surface area (Å²) in [5.74, 6) is 0. The summed E-state index contributed by atoms with van der Waals surface area (Å²) in [6, 6.07) is 8.80. The third kappa shape index (κ3) is 3.37. The van der Waals surface area contributed by atoms with E-state index in [4.69, 9.17) is 0 Å².